The average molecular weight is 319 g/mol. The van der Waals surface area contributed by atoms with Crippen molar-refractivity contribution in [2.75, 3.05) is 0 Å². The minimum atomic E-state index is -0.183. The second-order valence-electron chi connectivity index (χ2n) is 3.11. The second kappa shape index (κ2) is 5.25. The third-order valence-electron chi connectivity index (χ3n) is 1.87. The highest BCUT2D eigenvalue weighted by Crippen LogP contribution is 2.27. The van der Waals surface area contributed by atoms with Gasteiger partial charge < -0.3 is 0 Å². The summed E-state index contributed by atoms with van der Waals surface area (Å²) in [6.07, 6.45) is 0. The second-order valence-corrected chi connectivity index (χ2v) is 6.43. The zero-order valence-electron chi connectivity index (χ0n) is 8.41. The monoisotopic (exact) mass is 318 g/mol. The first-order chi connectivity index (χ1) is 7.65. The largest absolute Gasteiger partial charge is 0.207 e. The first-order valence-electron chi connectivity index (χ1n) is 4.52. The Kier molecular flexibility index (Phi) is 3.94. The average Bonchev–Trinajstić information content (AvgIpc) is 2.66. The molecule has 0 spiro atoms. The number of rotatable bonds is 3. The van der Waals surface area contributed by atoms with Crippen LogP contribution in [0.4, 0.5) is 4.39 Å². The Bertz CT molecular complexity index is 501. The molecule has 2 rings (SSSR count). The Morgan fingerprint density at radius 2 is 2.25 bits per heavy atom. The van der Waals surface area contributed by atoms with Gasteiger partial charge in [0.2, 0.25) is 0 Å². The molecule has 0 saturated carbocycles. The maximum Gasteiger partial charge on any atom is 0.174 e. The van der Waals surface area contributed by atoms with Crippen molar-refractivity contribution in [2.24, 2.45) is 0 Å². The minimum absolute atomic E-state index is 0.183. The predicted molar refractivity (Wildman–Crippen MR) is 68.3 cm³/mol. The molecule has 0 N–H and O–H groups in total. The maximum atomic E-state index is 13.4. The fraction of sp³-hybridized carbons (Fsp3) is 0.200. The third kappa shape index (κ3) is 3.02. The van der Waals surface area contributed by atoms with Gasteiger partial charge in [0.25, 0.3) is 0 Å². The van der Waals surface area contributed by atoms with Gasteiger partial charge in [-0.2, -0.15) is 0 Å². The van der Waals surface area contributed by atoms with E-state index in [4.69, 9.17) is 0 Å². The number of aryl methyl sites for hydroxylation is 1. The Morgan fingerprint density at radius 3 is 2.94 bits per heavy atom. The summed E-state index contributed by atoms with van der Waals surface area (Å²) in [4.78, 5) is 0. The van der Waals surface area contributed by atoms with Crippen LogP contribution in [0.2, 0.25) is 0 Å². The Labute approximate surface area is 109 Å². The van der Waals surface area contributed by atoms with Gasteiger partial charge in [0.15, 0.2) is 4.34 Å². The van der Waals surface area contributed by atoms with Crippen LogP contribution >= 0.6 is 39.0 Å². The van der Waals surface area contributed by atoms with Crippen LogP contribution in [-0.2, 0) is 5.75 Å². The Balaban J connectivity index is 2.07. The Hall–Kier alpha value is -0.460. The molecule has 0 aliphatic carbocycles. The lowest BCUT2D eigenvalue weighted by molar-refractivity contribution is 0.617. The molecule has 0 unspecified atom stereocenters. The van der Waals surface area contributed by atoms with Gasteiger partial charge in [-0.25, -0.2) is 4.39 Å². The fourth-order valence-corrected chi connectivity index (χ4v) is 3.33. The van der Waals surface area contributed by atoms with E-state index < -0.39 is 0 Å². The van der Waals surface area contributed by atoms with Gasteiger partial charge in [-0.15, -0.1) is 10.2 Å². The van der Waals surface area contributed by atoms with E-state index in [0.29, 0.717) is 11.3 Å². The van der Waals surface area contributed by atoms with E-state index in [9.17, 15) is 4.39 Å². The minimum Gasteiger partial charge on any atom is -0.207 e. The molecule has 0 radical (unpaired) electrons. The molecule has 16 heavy (non-hydrogen) atoms. The summed E-state index contributed by atoms with van der Waals surface area (Å²) in [6, 6.07) is 4.94. The molecule has 1 heterocycles. The molecule has 6 heteroatoms. The maximum absolute atomic E-state index is 13.4. The summed E-state index contributed by atoms with van der Waals surface area (Å²) >= 11 is 6.35. The molecule has 84 valence electrons. The first-order valence-corrected chi connectivity index (χ1v) is 7.11. The molecular formula is C10H8BrFN2S2. The van der Waals surface area contributed by atoms with Crippen molar-refractivity contribution in [2.45, 2.75) is 17.0 Å². The summed E-state index contributed by atoms with van der Waals surface area (Å²) in [5.74, 6) is 0.386. The number of halogens is 2. The van der Waals surface area contributed by atoms with Gasteiger partial charge in [-0.1, -0.05) is 39.0 Å². The summed E-state index contributed by atoms with van der Waals surface area (Å²) in [5, 5.41) is 8.82. The van der Waals surface area contributed by atoms with Crippen LogP contribution in [0.5, 0.6) is 0 Å². The van der Waals surface area contributed by atoms with E-state index in [1.807, 2.05) is 6.92 Å². The van der Waals surface area contributed by atoms with Crippen molar-refractivity contribution in [1.82, 2.24) is 10.2 Å². The van der Waals surface area contributed by atoms with E-state index >= 15 is 0 Å². The number of aromatic nitrogens is 2. The molecule has 0 saturated heterocycles. The van der Waals surface area contributed by atoms with Crippen LogP contribution < -0.4 is 0 Å². The topological polar surface area (TPSA) is 25.8 Å². The van der Waals surface area contributed by atoms with Crippen LogP contribution in [0.25, 0.3) is 0 Å². The highest BCUT2D eigenvalue weighted by Gasteiger charge is 2.06. The lowest BCUT2D eigenvalue weighted by atomic mass is 10.2. The standard InChI is InChI=1S/C10H8BrFN2S2/c1-6-13-14-10(16-6)15-5-7-4-8(11)2-3-9(7)12/h2-4H,5H2,1H3. The van der Waals surface area contributed by atoms with Crippen LogP contribution in [-0.4, -0.2) is 10.2 Å². The van der Waals surface area contributed by atoms with Crippen LogP contribution in [0.15, 0.2) is 27.0 Å². The SMILES string of the molecule is Cc1nnc(SCc2cc(Br)ccc2F)s1. The lowest BCUT2D eigenvalue weighted by Crippen LogP contribution is -1.87. The lowest BCUT2D eigenvalue weighted by Gasteiger charge is -2.01. The van der Waals surface area contributed by atoms with Crippen molar-refractivity contribution >= 4 is 39.0 Å². The molecule has 1 aromatic carbocycles. The number of hydrogen-bond donors (Lipinski definition) is 0. The molecule has 0 bridgehead atoms. The van der Waals surface area contributed by atoms with Crippen molar-refractivity contribution in [3.05, 3.63) is 39.1 Å². The number of hydrogen-bond acceptors (Lipinski definition) is 4. The summed E-state index contributed by atoms with van der Waals surface area (Å²) in [5.41, 5.74) is 0.673. The number of benzene rings is 1. The molecule has 0 atom stereocenters. The normalized spacial score (nSPS) is 10.7. The van der Waals surface area contributed by atoms with Crippen LogP contribution in [0.3, 0.4) is 0 Å². The zero-order valence-corrected chi connectivity index (χ0v) is 11.6. The van der Waals surface area contributed by atoms with E-state index in [-0.39, 0.29) is 5.82 Å². The highest BCUT2D eigenvalue weighted by atomic mass is 79.9. The smallest absolute Gasteiger partial charge is 0.174 e. The zero-order chi connectivity index (χ0) is 11.5. The molecule has 0 amide bonds. The molecular weight excluding hydrogens is 311 g/mol. The van der Waals surface area contributed by atoms with Crippen molar-refractivity contribution in [3.8, 4) is 0 Å². The van der Waals surface area contributed by atoms with E-state index in [1.165, 1.54) is 29.2 Å². The van der Waals surface area contributed by atoms with Gasteiger partial charge in [0.1, 0.15) is 10.8 Å². The van der Waals surface area contributed by atoms with Gasteiger partial charge in [0.05, 0.1) is 0 Å². The van der Waals surface area contributed by atoms with E-state index in [2.05, 4.69) is 26.1 Å². The number of nitrogens with zero attached hydrogens (tertiary/aromatic N) is 2. The number of thioether (sulfide) groups is 1. The van der Waals surface area contributed by atoms with Gasteiger partial charge in [-0.3, -0.25) is 0 Å². The van der Waals surface area contributed by atoms with E-state index in [0.717, 1.165) is 13.8 Å². The molecule has 2 aromatic rings. The molecule has 2 nitrogen and oxygen atoms in total. The van der Waals surface area contributed by atoms with Crippen LogP contribution in [0, 0.1) is 12.7 Å². The summed E-state index contributed by atoms with van der Waals surface area (Å²) in [6.45, 7) is 1.90. The van der Waals surface area contributed by atoms with E-state index in [1.54, 1.807) is 12.1 Å². The molecule has 0 fully saturated rings. The van der Waals surface area contributed by atoms with Gasteiger partial charge >= 0.3 is 0 Å². The first kappa shape index (κ1) is 12.0. The molecule has 1 aromatic heterocycles. The molecule has 0 aliphatic rings. The molecule has 0 aliphatic heterocycles. The Morgan fingerprint density at radius 1 is 1.44 bits per heavy atom. The summed E-state index contributed by atoms with van der Waals surface area (Å²) in [7, 11) is 0. The van der Waals surface area contributed by atoms with Gasteiger partial charge in [-0.05, 0) is 30.7 Å². The van der Waals surface area contributed by atoms with Gasteiger partial charge in [0, 0.05) is 10.2 Å². The van der Waals surface area contributed by atoms with Crippen molar-refractivity contribution in [1.29, 1.82) is 0 Å². The highest BCUT2D eigenvalue weighted by molar-refractivity contribution is 9.10. The summed E-state index contributed by atoms with van der Waals surface area (Å²) < 4.78 is 15.2. The van der Waals surface area contributed by atoms with Crippen molar-refractivity contribution < 1.29 is 4.39 Å². The quantitative estimate of drug-likeness (QED) is 0.799. The fourth-order valence-electron chi connectivity index (χ4n) is 1.13. The van der Waals surface area contributed by atoms with Crippen molar-refractivity contribution in [3.63, 3.8) is 0 Å². The predicted octanol–water partition coefficient (Wildman–Crippen LogP) is 4.04. The van der Waals surface area contributed by atoms with Crippen LogP contribution in [0.1, 0.15) is 10.6 Å². The third-order valence-corrected chi connectivity index (χ3v) is 4.38.